The normalized spacial score (nSPS) is 10.1. The number of carbonyl (C=O) groups excluding carboxylic acids is 1. The van der Waals surface area contributed by atoms with Crippen LogP contribution in [0.25, 0.3) is 0 Å². The lowest BCUT2D eigenvalue weighted by Gasteiger charge is -2.12. The Morgan fingerprint density at radius 3 is 2.81 bits per heavy atom. The molecule has 0 aromatic carbocycles. The first-order chi connectivity index (χ1) is 7.61. The Labute approximate surface area is 101 Å². The number of nitrogens with zero attached hydrogens (tertiary/aromatic N) is 2. The van der Waals surface area contributed by atoms with Gasteiger partial charge >= 0.3 is 6.03 Å². The van der Waals surface area contributed by atoms with Crippen molar-refractivity contribution in [1.29, 1.82) is 0 Å². The highest BCUT2D eigenvalue weighted by molar-refractivity contribution is 8.14. The van der Waals surface area contributed by atoms with E-state index < -0.39 is 0 Å². The number of aliphatic imine (C=N–C) groups is 1. The van der Waals surface area contributed by atoms with E-state index in [0.29, 0.717) is 17.5 Å². The van der Waals surface area contributed by atoms with Crippen molar-refractivity contribution in [2.24, 2.45) is 4.99 Å². The number of urea groups is 1. The summed E-state index contributed by atoms with van der Waals surface area (Å²) in [5.41, 5.74) is 0. The van der Waals surface area contributed by atoms with Gasteiger partial charge in [0.15, 0.2) is 5.17 Å². The van der Waals surface area contributed by atoms with Crippen LogP contribution in [0.4, 0.5) is 4.79 Å². The van der Waals surface area contributed by atoms with Crippen LogP contribution in [0.5, 0.6) is 0 Å². The molecule has 4 nitrogen and oxygen atoms in total. The number of amidine groups is 1. The van der Waals surface area contributed by atoms with E-state index in [2.05, 4.69) is 28.7 Å². The SMILES string of the molecule is C=CCSC(=NCC#CC)NC(=O)N(C)C. The van der Waals surface area contributed by atoms with Gasteiger partial charge in [-0.15, -0.1) is 12.5 Å². The van der Waals surface area contributed by atoms with Crippen LogP contribution in [0.3, 0.4) is 0 Å². The lowest BCUT2D eigenvalue weighted by Crippen LogP contribution is -2.37. The molecule has 0 fully saturated rings. The van der Waals surface area contributed by atoms with E-state index in [1.54, 1.807) is 27.1 Å². The predicted molar refractivity (Wildman–Crippen MR) is 70.6 cm³/mol. The number of carbonyl (C=O) groups is 1. The second kappa shape index (κ2) is 8.86. The molecule has 0 radical (unpaired) electrons. The Hall–Kier alpha value is -1.41. The monoisotopic (exact) mass is 239 g/mol. The molecule has 5 heteroatoms. The van der Waals surface area contributed by atoms with Gasteiger partial charge in [-0.2, -0.15) is 0 Å². The van der Waals surface area contributed by atoms with Crippen LogP contribution in [0.15, 0.2) is 17.6 Å². The molecule has 16 heavy (non-hydrogen) atoms. The second-order valence-electron chi connectivity index (χ2n) is 2.97. The maximum Gasteiger partial charge on any atom is 0.322 e. The smallest absolute Gasteiger partial charge is 0.322 e. The molecule has 0 rings (SSSR count). The van der Waals surface area contributed by atoms with Crippen LogP contribution in [0.2, 0.25) is 0 Å². The Morgan fingerprint density at radius 1 is 1.62 bits per heavy atom. The molecule has 0 saturated heterocycles. The number of hydrogen-bond donors (Lipinski definition) is 1. The maximum absolute atomic E-state index is 11.4. The van der Waals surface area contributed by atoms with Gasteiger partial charge < -0.3 is 4.90 Å². The van der Waals surface area contributed by atoms with Gasteiger partial charge in [-0.25, -0.2) is 9.79 Å². The van der Waals surface area contributed by atoms with Crippen LogP contribution < -0.4 is 5.32 Å². The van der Waals surface area contributed by atoms with Gasteiger partial charge in [-0.05, 0) is 6.92 Å². The van der Waals surface area contributed by atoms with Crippen LogP contribution in [-0.2, 0) is 0 Å². The van der Waals surface area contributed by atoms with Gasteiger partial charge in [0, 0.05) is 19.8 Å². The lowest BCUT2D eigenvalue weighted by molar-refractivity contribution is 0.222. The van der Waals surface area contributed by atoms with Crippen molar-refractivity contribution in [2.45, 2.75) is 6.92 Å². The molecule has 0 aliphatic rings. The molecule has 0 aromatic heterocycles. The molecule has 0 atom stereocenters. The van der Waals surface area contributed by atoms with Crippen molar-refractivity contribution in [2.75, 3.05) is 26.4 Å². The number of amides is 2. The van der Waals surface area contributed by atoms with Gasteiger partial charge in [0.25, 0.3) is 0 Å². The fraction of sp³-hybridized carbons (Fsp3) is 0.455. The molecule has 0 aliphatic carbocycles. The number of thioether (sulfide) groups is 1. The standard InChI is InChI=1S/C11H17N3OS/c1-5-7-8-12-10(16-9-6-2)13-11(15)14(3)4/h6H,2,8-9H2,1,3-4H3,(H,12,13,15). The summed E-state index contributed by atoms with van der Waals surface area (Å²) >= 11 is 1.42. The zero-order valence-corrected chi connectivity index (χ0v) is 10.7. The summed E-state index contributed by atoms with van der Waals surface area (Å²) in [4.78, 5) is 17.0. The third-order valence-electron chi connectivity index (χ3n) is 1.44. The predicted octanol–water partition coefficient (Wildman–Crippen LogP) is 1.56. The van der Waals surface area contributed by atoms with E-state index >= 15 is 0 Å². The van der Waals surface area contributed by atoms with E-state index in [1.165, 1.54) is 16.7 Å². The van der Waals surface area contributed by atoms with Gasteiger partial charge in [0.2, 0.25) is 0 Å². The maximum atomic E-state index is 11.4. The van der Waals surface area contributed by atoms with Crippen LogP contribution >= 0.6 is 11.8 Å². The highest BCUT2D eigenvalue weighted by atomic mass is 32.2. The highest BCUT2D eigenvalue weighted by Gasteiger charge is 2.06. The van der Waals surface area contributed by atoms with Crippen LogP contribution in [-0.4, -0.2) is 42.5 Å². The lowest BCUT2D eigenvalue weighted by atomic mass is 10.6. The molecule has 1 N–H and O–H groups in total. The van der Waals surface area contributed by atoms with Crippen molar-refractivity contribution < 1.29 is 4.79 Å². The fourth-order valence-corrected chi connectivity index (χ4v) is 1.24. The number of rotatable bonds is 3. The van der Waals surface area contributed by atoms with E-state index in [1.807, 2.05) is 0 Å². The summed E-state index contributed by atoms with van der Waals surface area (Å²) in [5.74, 6) is 6.26. The highest BCUT2D eigenvalue weighted by Crippen LogP contribution is 2.02. The quantitative estimate of drug-likeness (QED) is 0.351. The summed E-state index contributed by atoms with van der Waals surface area (Å²) < 4.78 is 0. The summed E-state index contributed by atoms with van der Waals surface area (Å²) in [6.45, 7) is 5.76. The Kier molecular flexibility index (Phi) is 8.08. The molecule has 0 saturated carbocycles. The molecule has 2 amide bonds. The van der Waals surface area contributed by atoms with E-state index in [0.717, 1.165) is 0 Å². The second-order valence-corrected chi connectivity index (χ2v) is 3.98. The summed E-state index contributed by atoms with van der Waals surface area (Å²) in [6, 6.07) is -0.195. The fourth-order valence-electron chi connectivity index (χ4n) is 0.653. The van der Waals surface area contributed by atoms with Crippen molar-refractivity contribution in [1.82, 2.24) is 10.2 Å². The van der Waals surface area contributed by atoms with Crippen molar-refractivity contribution in [3.63, 3.8) is 0 Å². The van der Waals surface area contributed by atoms with Gasteiger partial charge in [0.1, 0.15) is 6.54 Å². The average Bonchev–Trinajstić information content (AvgIpc) is 2.25. The summed E-state index contributed by atoms with van der Waals surface area (Å²) in [5, 5.41) is 3.27. The molecule has 0 bridgehead atoms. The minimum Gasteiger partial charge on any atom is -0.331 e. The van der Waals surface area contributed by atoms with Crippen molar-refractivity contribution in [3.05, 3.63) is 12.7 Å². The third kappa shape index (κ3) is 6.96. The van der Waals surface area contributed by atoms with Crippen LogP contribution in [0.1, 0.15) is 6.92 Å². The Bertz CT molecular complexity index is 326. The molecule has 0 heterocycles. The number of hydrogen-bond acceptors (Lipinski definition) is 3. The number of nitrogens with one attached hydrogen (secondary N) is 1. The molecule has 0 spiro atoms. The summed E-state index contributed by atoms with van der Waals surface area (Å²) in [6.07, 6.45) is 1.76. The topological polar surface area (TPSA) is 44.7 Å². The molecular weight excluding hydrogens is 222 g/mol. The van der Waals surface area contributed by atoms with Gasteiger partial charge in [-0.3, -0.25) is 5.32 Å². The van der Waals surface area contributed by atoms with E-state index in [-0.39, 0.29) is 6.03 Å². The largest absolute Gasteiger partial charge is 0.331 e. The first kappa shape index (κ1) is 14.6. The zero-order valence-electron chi connectivity index (χ0n) is 9.91. The molecule has 0 unspecified atom stereocenters. The molecule has 88 valence electrons. The average molecular weight is 239 g/mol. The molecular formula is C11H17N3OS. The first-order valence-corrected chi connectivity index (χ1v) is 5.76. The third-order valence-corrected chi connectivity index (χ3v) is 2.34. The Balaban J connectivity index is 4.39. The minimum absolute atomic E-state index is 0.195. The summed E-state index contributed by atoms with van der Waals surface area (Å²) in [7, 11) is 3.36. The van der Waals surface area contributed by atoms with Crippen molar-refractivity contribution in [3.8, 4) is 11.8 Å². The van der Waals surface area contributed by atoms with Crippen LogP contribution in [0, 0.1) is 11.8 Å². The van der Waals surface area contributed by atoms with Gasteiger partial charge in [-0.1, -0.05) is 23.8 Å². The zero-order chi connectivity index (χ0) is 12.4. The molecule has 0 aromatic rings. The Morgan fingerprint density at radius 2 is 2.31 bits per heavy atom. The van der Waals surface area contributed by atoms with Gasteiger partial charge in [0.05, 0.1) is 0 Å². The van der Waals surface area contributed by atoms with E-state index in [4.69, 9.17) is 0 Å². The van der Waals surface area contributed by atoms with Crippen molar-refractivity contribution >= 4 is 23.0 Å². The minimum atomic E-state index is -0.195. The first-order valence-electron chi connectivity index (χ1n) is 4.77. The molecule has 0 aliphatic heterocycles. The van der Waals surface area contributed by atoms with E-state index in [9.17, 15) is 4.79 Å².